The minimum atomic E-state index is -0.705. The van der Waals surface area contributed by atoms with Gasteiger partial charge in [0, 0.05) is 5.69 Å². The largest absolute Gasteiger partial charge is 0.417 e. The lowest BCUT2D eigenvalue weighted by Gasteiger charge is -2.13. The van der Waals surface area contributed by atoms with Crippen molar-refractivity contribution in [3.8, 4) is 0 Å². The zero-order valence-electron chi connectivity index (χ0n) is 12.1. The minimum absolute atomic E-state index is 0.294. The summed E-state index contributed by atoms with van der Waals surface area (Å²) in [6.07, 6.45) is 0. The molecule has 2 aromatic heterocycles. The number of rotatable bonds is 4. The number of oxazole rings is 1. The Morgan fingerprint density at radius 2 is 2.13 bits per heavy atom. The van der Waals surface area contributed by atoms with Gasteiger partial charge in [-0.25, -0.2) is 4.79 Å². The number of carbonyl (C=O) groups excluding carboxylic acids is 2. The van der Waals surface area contributed by atoms with Crippen LogP contribution >= 0.6 is 11.3 Å². The molecule has 2 amide bonds. The molecule has 3 aromatic rings. The topological polar surface area (TPSA) is 104 Å². The van der Waals surface area contributed by atoms with E-state index in [0.717, 1.165) is 0 Å². The lowest BCUT2D eigenvalue weighted by Crippen LogP contribution is -2.41. The molecule has 0 saturated carbocycles. The maximum Gasteiger partial charge on any atom is 0.417 e. The van der Waals surface area contributed by atoms with Gasteiger partial charge in [0.05, 0.1) is 10.4 Å². The summed E-state index contributed by atoms with van der Waals surface area (Å²) in [6, 6.07) is 7.54. The van der Waals surface area contributed by atoms with Crippen molar-refractivity contribution in [3.05, 3.63) is 51.1 Å². The maximum absolute atomic E-state index is 12.1. The van der Waals surface area contributed by atoms with Crippen molar-refractivity contribution in [1.29, 1.82) is 0 Å². The molecule has 0 aliphatic carbocycles. The molecule has 1 unspecified atom stereocenters. The normalized spacial score (nSPS) is 12.0. The van der Waals surface area contributed by atoms with Crippen LogP contribution in [0.4, 0.5) is 5.69 Å². The van der Waals surface area contributed by atoms with Gasteiger partial charge in [0.1, 0.15) is 6.04 Å². The number of nitrogens with one attached hydrogen (secondary N) is 3. The van der Waals surface area contributed by atoms with E-state index >= 15 is 0 Å². The zero-order chi connectivity index (χ0) is 16.4. The highest BCUT2D eigenvalue weighted by atomic mass is 32.1. The molecule has 23 heavy (non-hydrogen) atoms. The Balaban J connectivity index is 1.67. The predicted molar refractivity (Wildman–Crippen MR) is 86.7 cm³/mol. The average Bonchev–Trinajstić information content (AvgIpc) is 3.14. The molecule has 0 saturated heterocycles. The van der Waals surface area contributed by atoms with Crippen LogP contribution in [0.1, 0.15) is 16.6 Å². The highest BCUT2D eigenvalue weighted by Gasteiger charge is 2.17. The van der Waals surface area contributed by atoms with Gasteiger partial charge in [0.2, 0.25) is 5.91 Å². The number of benzene rings is 1. The number of carbonyl (C=O) groups is 2. The highest BCUT2D eigenvalue weighted by Crippen LogP contribution is 2.16. The van der Waals surface area contributed by atoms with Gasteiger partial charge in [0.15, 0.2) is 5.58 Å². The Morgan fingerprint density at radius 1 is 1.30 bits per heavy atom. The molecule has 0 aliphatic heterocycles. The third-order valence-electron chi connectivity index (χ3n) is 3.17. The summed E-state index contributed by atoms with van der Waals surface area (Å²) in [6.45, 7) is 1.60. The van der Waals surface area contributed by atoms with Crippen molar-refractivity contribution in [1.82, 2.24) is 10.3 Å². The smallest absolute Gasteiger partial charge is 0.408 e. The Hall–Kier alpha value is -2.87. The number of hydrogen-bond acceptors (Lipinski definition) is 5. The van der Waals surface area contributed by atoms with Gasteiger partial charge in [-0.2, -0.15) is 0 Å². The third-order valence-corrected chi connectivity index (χ3v) is 4.04. The Labute approximate surface area is 134 Å². The fraction of sp³-hybridized carbons (Fsp3) is 0.133. The molecule has 1 atom stereocenters. The number of fused-ring (bicyclic) bond motifs is 1. The summed E-state index contributed by atoms with van der Waals surface area (Å²) >= 11 is 1.30. The fourth-order valence-electron chi connectivity index (χ4n) is 2.02. The van der Waals surface area contributed by atoms with E-state index in [1.807, 2.05) is 0 Å². The first-order valence-electron chi connectivity index (χ1n) is 6.81. The van der Waals surface area contributed by atoms with Crippen molar-refractivity contribution in [2.75, 3.05) is 5.32 Å². The summed E-state index contributed by atoms with van der Waals surface area (Å²) in [7, 11) is 0. The molecule has 0 spiro atoms. The number of hydrogen-bond donors (Lipinski definition) is 3. The van der Waals surface area contributed by atoms with Crippen molar-refractivity contribution < 1.29 is 14.0 Å². The standard InChI is InChI=1S/C15H13N3O4S/c1-8(16-14(20)12-3-2-6-23-12)13(19)17-9-4-5-11-10(7-9)18-15(21)22-11/h2-8H,1H3,(H,16,20)(H,17,19)(H,18,21). The highest BCUT2D eigenvalue weighted by molar-refractivity contribution is 7.12. The SMILES string of the molecule is CC(NC(=O)c1cccs1)C(=O)Nc1ccc2oc(=O)[nH]c2c1. The third kappa shape index (κ3) is 3.32. The zero-order valence-corrected chi connectivity index (χ0v) is 12.9. The molecule has 2 heterocycles. The van der Waals surface area contributed by atoms with Crippen LogP contribution in [0.2, 0.25) is 0 Å². The predicted octanol–water partition coefficient (Wildman–Crippen LogP) is 1.94. The summed E-state index contributed by atoms with van der Waals surface area (Å²) < 4.78 is 4.89. The van der Waals surface area contributed by atoms with E-state index in [4.69, 9.17) is 4.42 Å². The van der Waals surface area contributed by atoms with E-state index in [0.29, 0.717) is 21.7 Å². The molecule has 0 radical (unpaired) electrons. The molecule has 1 aromatic carbocycles. The number of thiophene rings is 1. The fourth-order valence-corrected chi connectivity index (χ4v) is 2.65. The first kappa shape index (κ1) is 15.0. The summed E-state index contributed by atoms with van der Waals surface area (Å²) in [5.41, 5.74) is 1.40. The number of aromatic amines is 1. The summed E-state index contributed by atoms with van der Waals surface area (Å²) in [5.74, 6) is -1.21. The van der Waals surface area contributed by atoms with Crippen LogP contribution in [0.15, 0.2) is 44.9 Å². The Morgan fingerprint density at radius 3 is 2.87 bits per heavy atom. The second-order valence-corrected chi connectivity index (χ2v) is 5.83. The van der Waals surface area contributed by atoms with E-state index < -0.39 is 11.8 Å². The first-order valence-corrected chi connectivity index (χ1v) is 7.69. The van der Waals surface area contributed by atoms with Gasteiger partial charge in [-0.05, 0) is 36.6 Å². The van der Waals surface area contributed by atoms with Crippen molar-refractivity contribution in [2.45, 2.75) is 13.0 Å². The molecule has 7 nitrogen and oxygen atoms in total. The molecule has 0 fully saturated rings. The summed E-state index contributed by atoms with van der Waals surface area (Å²) in [5, 5.41) is 7.10. The molecular formula is C15H13N3O4S. The maximum atomic E-state index is 12.1. The van der Waals surface area contributed by atoms with Gasteiger partial charge in [-0.3, -0.25) is 14.6 Å². The minimum Gasteiger partial charge on any atom is -0.408 e. The average molecular weight is 331 g/mol. The first-order chi connectivity index (χ1) is 11.0. The molecule has 118 valence electrons. The number of aromatic nitrogens is 1. The number of H-pyrrole nitrogens is 1. The molecule has 3 rings (SSSR count). The van der Waals surface area contributed by atoms with E-state index in [1.165, 1.54) is 11.3 Å². The molecule has 0 bridgehead atoms. The van der Waals surface area contributed by atoms with Crippen LogP contribution in [0, 0.1) is 0 Å². The van der Waals surface area contributed by atoms with E-state index in [9.17, 15) is 14.4 Å². The lowest BCUT2D eigenvalue weighted by atomic mass is 10.2. The van der Waals surface area contributed by atoms with Crippen LogP contribution in [0.25, 0.3) is 11.1 Å². The van der Waals surface area contributed by atoms with Crippen LogP contribution in [0.5, 0.6) is 0 Å². The number of anilines is 1. The van der Waals surface area contributed by atoms with E-state index in [2.05, 4.69) is 15.6 Å². The summed E-state index contributed by atoms with van der Waals surface area (Å²) in [4.78, 5) is 38.2. The van der Waals surface area contributed by atoms with Gasteiger partial charge in [-0.15, -0.1) is 11.3 Å². The van der Waals surface area contributed by atoms with Crippen LogP contribution < -0.4 is 16.4 Å². The van der Waals surface area contributed by atoms with Crippen molar-refractivity contribution >= 4 is 39.9 Å². The monoisotopic (exact) mass is 331 g/mol. The van der Waals surface area contributed by atoms with Crippen LogP contribution in [-0.4, -0.2) is 22.8 Å². The van der Waals surface area contributed by atoms with Crippen LogP contribution in [0.3, 0.4) is 0 Å². The second kappa shape index (κ2) is 6.09. The van der Waals surface area contributed by atoms with Crippen LogP contribution in [-0.2, 0) is 4.79 Å². The van der Waals surface area contributed by atoms with E-state index in [-0.39, 0.29) is 11.8 Å². The van der Waals surface area contributed by atoms with Crippen molar-refractivity contribution in [2.24, 2.45) is 0 Å². The quantitative estimate of drug-likeness (QED) is 0.679. The molecule has 8 heteroatoms. The number of amides is 2. The van der Waals surface area contributed by atoms with Gasteiger partial charge < -0.3 is 15.1 Å². The Bertz CT molecular complexity index is 910. The molecule has 0 aliphatic rings. The Kier molecular flexibility index (Phi) is 3.98. The molecular weight excluding hydrogens is 318 g/mol. The second-order valence-electron chi connectivity index (χ2n) is 4.89. The van der Waals surface area contributed by atoms with Gasteiger partial charge in [-0.1, -0.05) is 6.07 Å². The lowest BCUT2D eigenvalue weighted by molar-refractivity contribution is -0.117. The molecule has 3 N–H and O–H groups in total. The van der Waals surface area contributed by atoms with Gasteiger partial charge in [0.25, 0.3) is 5.91 Å². The van der Waals surface area contributed by atoms with Gasteiger partial charge >= 0.3 is 5.76 Å². The van der Waals surface area contributed by atoms with E-state index in [1.54, 1.807) is 42.6 Å². The van der Waals surface area contributed by atoms with Crippen molar-refractivity contribution in [3.63, 3.8) is 0 Å².